The lowest BCUT2D eigenvalue weighted by atomic mass is 9.82. The van der Waals surface area contributed by atoms with Crippen LogP contribution in [0.5, 0.6) is 5.75 Å². The van der Waals surface area contributed by atoms with E-state index in [4.69, 9.17) is 9.47 Å². The minimum Gasteiger partial charge on any atom is -0.489 e. The summed E-state index contributed by atoms with van der Waals surface area (Å²) in [7, 11) is 0. The molecular weight excluding hydrogens is 354 g/mol. The van der Waals surface area contributed by atoms with Gasteiger partial charge in [-0.2, -0.15) is 0 Å². The number of ether oxygens (including phenoxy) is 2. The minimum atomic E-state index is -0.649. The monoisotopic (exact) mass is 381 g/mol. The molecule has 0 heterocycles. The first-order valence-corrected chi connectivity index (χ1v) is 9.90. The van der Waals surface area contributed by atoms with E-state index in [0.29, 0.717) is 26.1 Å². The number of esters is 1. The maximum Gasteiger partial charge on any atom is 0.329 e. The number of anilines is 1. The molecule has 1 N–H and O–H groups in total. The number of carbonyl (C=O) groups excluding carboxylic acids is 2. The van der Waals surface area contributed by atoms with Crippen LogP contribution >= 0.6 is 0 Å². The molecule has 2 aromatic carbocycles. The molecule has 0 spiro atoms. The van der Waals surface area contributed by atoms with E-state index < -0.39 is 6.04 Å². The smallest absolute Gasteiger partial charge is 0.329 e. The molecule has 0 saturated heterocycles. The molecule has 0 unspecified atom stereocenters. The molecule has 0 aromatic heterocycles. The van der Waals surface area contributed by atoms with Crippen LogP contribution in [-0.4, -0.2) is 24.4 Å². The fourth-order valence-corrected chi connectivity index (χ4v) is 3.49. The third kappa shape index (κ3) is 5.35. The van der Waals surface area contributed by atoms with Crippen molar-refractivity contribution >= 4 is 17.4 Å². The number of rotatable bonds is 8. The molecule has 148 valence electrons. The van der Waals surface area contributed by atoms with Crippen LogP contribution in [0.25, 0.3) is 0 Å². The van der Waals surface area contributed by atoms with E-state index in [-0.39, 0.29) is 17.7 Å². The second-order valence-corrected chi connectivity index (χ2v) is 6.99. The van der Waals surface area contributed by atoms with Crippen molar-refractivity contribution in [2.45, 2.75) is 45.3 Å². The Morgan fingerprint density at radius 2 is 1.86 bits per heavy atom. The summed E-state index contributed by atoms with van der Waals surface area (Å²) >= 11 is 0. The van der Waals surface area contributed by atoms with Crippen LogP contribution in [0.4, 0.5) is 5.69 Å². The molecule has 0 radical (unpaired) electrons. The predicted octanol–water partition coefficient (Wildman–Crippen LogP) is 4.37. The summed E-state index contributed by atoms with van der Waals surface area (Å²) in [5.74, 6) is 0.185. The van der Waals surface area contributed by atoms with Gasteiger partial charge in [0.15, 0.2) is 0 Å². The molecule has 1 aliphatic carbocycles. The van der Waals surface area contributed by atoms with Crippen LogP contribution < -0.4 is 10.1 Å². The average Bonchev–Trinajstić information content (AvgIpc) is 2.73. The van der Waals surface area contributed by atoms with Gasteiger partial charge < -0.3 is 14.8 Å². The lowest BCUT2D eigenvalue weighted by Crippen LogP contribution is -2.43. The third-order valence-corrected chi connectivity index (χ3v) is 4.97. The summed E-state index contributed by atoms with van der Waals surface area (Å²) in [5.41, 5.74) is 1.87. The highest BCUT2D eigenvalue weighted by Gasteiger charge is 2.35. The van der Waals surface area contributed by atoms with Gasteiger partial charge >= 0.3 is 5.97 Å². The van der Waals surface area contributed by atoms with Crippen LogP contribution in [0, 0.1) is 5.92 Å². The van der Waals surface area contributed by atoms with Gasteiger partial charge in [0.05, 0.1) is 6.61 Å². The molecule has 28 heavy (non-hydrogen) atoms. The lowest BCUT2D eigenvalue weighted by Gasteiger charge is -2.29. The molecule has 0 bridgehead atoms. The standard InChI is InChI=1S/C23H27NO4/c1-2-27-23(26)22(20-10-6-7-11-21(20)25)24-18-12-14-19(15-13-18)28-16-17-8-4-3-5-9-17/h3-5,8-9,12-15,20,22,24H,2,6-7,10-11,16H2,1H3/t20-,22-/m0/s1. The van der Waals surface area contributed by atoms with Crippen molar-refractivity contribution in [1.29, 1.82) is 0 Å². The Hall–Kier alpha value is -2.82. The molecule has 1 saturated carbocycles. The topological polar surface area (TPSA) is 64.6 Å². The Morgan fingerprint density at radius 1 is 1.11 bits per heavy atom. The van der Waals surface area contributed by atoms with Crippen molar-refractivity contribution in [3.05, 3.63) is 60.2 Å². The minimum absolute atomic E-state index is 0.139. The van der Waals surface area contributed by atoms with Crippen molar-refractivity contribution in [2.75, 3.05) is 11.9 Å². The highest BCUT2D eigenvalue weighted by molar-refractivity contribution is 5.91. The number of nitrogens with one attached hydrogen (secondary N) is 1. The van der Waals surface area contributed by atoms with E-state index >= 15 is 0 Å². The zero-order chi connectivity index (χ0) is 19.8. The summed E-state index contributed by atoms with van der Waals surface area (Å²) in [6.07, 6.45) is 3.11. The van der Waals surface area contributed by atoms with Crippen molar-refractivity contribution in [3.63, 3.8) is 0 Å². The summed E-state index contributed by atoms with van der Waals surface area (Å²) in [6.45, 7) is 2.57. The fourth-order valence-electron chi connectivity index (χ4n) is 3.49. The first kappa shape index (κ1) is 19.9. The maximum absolute atomic E-state index is 12.5. The normalized spacial score (nSPS) is 17.6. The number of Topliss-reactive ketones (excluding diaryl/α,β-unsaturated/α-hetero) is 1. The van der Waals surface area contributed by atoms with Crippen LogP contribution in [0.2, 0.25) is 0 Å². The SMILES string of the molecule is CCOC(=O)[C@@H](Nc1ccc(OCc2ccccc2)cc1)[C@H]1CCCCC1=O. The predicted molar refractivity (Wildman–Crippen MR) is 108 cm³/mol. The molecule has 2 aromatic rings. The number of hydrogen-bond donors (Lipinski definition) is 1. The molecule has 5 nitrogen and oxygen atoms in total. The van der Waals surface area contributed by atoms with Crippen LogP contribution in [-0.2, 0) is 20.9 Å². The van der Waals surface area contributed by atoms with E-state index in [9.17, 15) is 9.59 Å². The van der Waals surface area contributed by atoms with Gasteiger partial charge in [0.1, 0.15) is 24.2 Å². The first-order chi connectivity index (χ1) is 13.7. The first-order valence-electron chi connectivity index (χ1n) is 9.90. The Labute approximate surface area is 166 Å². The summed E-state index contributed by atoms with van der Waals surface area (Å²) in [6, 6.07) is 16.8. The Balaban J connectivity index is 1.65. The molecular formula is C23H27NO4. The molecule has 1 fully saturated rings. The van der Waals surface area contributed by atoms with E-state index in [1.807, 2.05) is 54.6 Å². The Kier molecular flexibility index (Phi) is 7.06. The highest BCUT2D eigenvalue weighted by atomic mass is 16.5. The largest absolute Gasteiger partial charge is 0.489 e. The molecule has 1 aliphatic rings. The third-order valence-electron chi connectivity index (χ3n) is 4.97. The van der Waals surface area contributed by atoms with Crippen LogP contribution in [0.1, 0.15) is 38.2 Å². The summed E-state index contributed by atoms with van der Waals surface area (Å²) < 4.78 is 11.0. The fraction of sp³-hybridized carbons (Fsp3) is 0.391. The quantitative estimate of drug-likeness (QED) is 0.688. The number of carbonyl (C=O) groups is 2. The average molecular weight is 381 g/mol. The Bertz CT molecular complexity index is 773. The van der Waals surface area contributed by atoms with Gasteiger partial charge in [-0.3, -0.25) is 4.79 Å². The van der Waals surface area contributed by atoms with Crippen molar-refractivity contribution in [2.24, 2.45) is 5.92 Å². The van der Waals surface area contributed by atoms with E-state index in [2.05, 4.69) is 5.32 Å². The second kappa shape index (κ2) is 9.93. The summed E-state index contributed by atoms with van der Waals surface area (Å²) in [5, 5.41) is 3.21. The van der Waals surface area contributed by atoms with Gasteiger partial charge in [0, 0.05) is 18.0 Å². The zero-order valence-corrected chi connectivity index (χ0v) is 16.2. The van der Waals surface area contributed by atoms with E-state index in [1.54, 1.807) is 6.92 Å². The Morgan fingerprint density at radius 3 is 2.54 bits per heavy atom. The van der Waals surface area contributed by atoms with Crippen molar-refractivity contribution in [3.8, 4) is 5.75 Å². The van der Waals surface area contributed by atoms with E-state index in [0.717, 1.165) is 29.8 Å². The van der Waals surface area contributed by atoms with Crippen molar-refractivity contribution < 1.29 is 19.1 Å². The number of ketones is 1. The lowest BCUT2D eigenvalue weighted by molar-refractivity contribution is -0.147. The van der Waals surface area contributed by atoms with Crippen LogP contribution in [0.3, 0.4) is 0 Å². The molecule has 3 rings (SSSR count). The number of hydrogen-bond acceptors (Lipinski definition) is 5. The molecule has 2 atom stereocenters. The van der Waals surface area contributed by atoms with Crippen LogP contribution in [0.15, 0.2) is 54.6 Å². The number of benzene rings is 2. The highest BCUT2D eigenvalue weighted by Crippen LogP contribution is 2.27. The molecule has 0 aliphatic heterocycles. The molecule has 5 heteroatoms. The maximum atomic E-state index is 12.5. The summed E-state index contributed by atoms with van der Waals surface area (Å²) in [4.78, 5) is 24.8. The van der Waals surface area contributed by atoms with Crippen molar-refractivity contribution in [1.82, 2.24) is 0 Å². The zero-order valence-electron chi connectivity index (χ0n) is 16.2. The van der Waals surface area contributed by atoms with Gasteiger partial charge in [-0.15, -0.1) is 0 Å². The van der Waals surface area contributed by atoms with E-state index in [1.165, 1.54) is 0 Å². The van der Waals surface area contributed by atoms with Gasteiger partial charge in [-0.1, -0.05) is 36.8 Å². The van der Waals surface area contributed by atoms with Gasteiger partial charge in [0.2, 0.25) is 0 Å². The molecule has 0 amide bonds. The second-order valence-electron chi connectivity index (χ2n) is 6.99. The van der Waals surface area contributed by atoms with Gasteiger partial charge in [0.25, 0.3) is 0 Å². The van der Waals surface area contributed by atoms with Gasteiger partial charge in [-0.25, -0.2) is 4.79 Å². The van der Waals surface area contributed by atoms with Gasteiger partial charge in [-0.05, 0) is 49.6 Å².